The second-order valence-corrected chi connectivity index (χ2v) is 5.36. The van der Waals surface area contributed by atoms with Gasteiger partial charge in [-0.25, -0.2) is 9.78 Å². The highest BCUT2D eigenvalue weighted by Crippen LogP contribution is 2.16. The first-order chi connectivity index (χ1) is 11.8. The average molecular weight is 325 g/mol. The number of anilines is 1. The SMILES string of the molecule is COC(=O)c1ccc(/N=N/N2CCN(c3ccccn3)CC2)cc1. The number of hydrogen-bond donors (Lipinski definition) is 0. The van der Waals surface area contributed by atoms with Gasteiger partial charge >= 0.3 is 5.97 Å². The Balaban J connectivity index is 1.54. The molecule has 124 valence electrons. The summed E-state index contributed by atoms with van der Waals surface area (Å²) in [5.74, 6) is 0.636. The molecule has 1 aromatic heterocycles. The molecule has 0 N–H and O–H groups in total. The monoisotopic (exact) mass is 325 g/mol. The molecule has 0 aliphatic carbocycles. The smallest absolute Gasteiger partial charge is 0.337 e. The molecule has 3 rings (SSSR count). The maximum Gasteiger partial charge on any atom is 0.337 e. The lowest BCUT2D eigenvalue weighted by Crippen LogP contribution is -2.44. The molecule has 1 saturated heterocycles. The van der Waals surface area contributed by atoms with E-state index in [1.807, 2.05) is 23.2 Å². The maximum atomic E-state index is 11.4. The molecular formula is C17H19N5O2. The Labute approximate surface area is 140 Å². The predicted molar refractivity (Wildman–Crippen MR) is 90.3 cm³/mol. The van der Waals surface area contributed by atoms with Crippen LogP contribution >= 0.6 is 0 Å². The fraction of sp³-hybridized carbons (Fsp3) is 0.294. The highest BCUT2D eigenvalue weighted by atomic mass is 16.5. The standard InChI is InChI=1S/C17H19N5O2/c1-24-17(23)14-5-7-15(8-6-14)19-20-22-12-10-21(11-13-22)16-4-2-3-9-18-16/h2-9H,10-13H2,1H3/b20-19+. The molecule has 0 amide bonds. The van der Waals surface area contributed by atoms with Crippen LogP contribution in [0.4, 0.5) is 11.5 Å². The van der Waals surface area contributed by atoms with E-state index in [4.69, 9.17) is 0 Å². The lowest BCUT2D eigenvalue weighted by molar-refractivity contribution is 0.0601. The summed E-state index contributed by atoms with van der Waals surface area (Å²) in [6.07, 6.45) is 1.80. The number of piperazine rings is 1. The van der Waals surface area contributed by atoms with Gasteiger partial charge in [0.2, 0.25) is 0 Å². The van der Waals surface area contributed by atoms with E-state index in [0.717, 1.165) is 32.0 Å². The highest BCUT2D eigenvalue weighted by Gasteiger charge is 2.16. The van der Waals surface area contributed by atoms with Crippen molar-refractivity contribution < 1.29 is 9.53 Å². The number of pyridine rings is 1. The van der Waals surface area contributed by atoms with E-state index in [-0.39, 0.29) is 5.97 Å². The summed E-state index contributed by atoms with van der Waals surface area (Å²) in [6, 6.07) is 12.8. The average Bonchev–Trinajstić information content (AvgIpc) is 2.67. The Morgan fingerprint density at radius 1 is 1.08 bits per heavy atom. The third kappa shape index (κ3) is 3.87. The second-order valence-electron chi connectivity index (χ2n) is 5.36. The van der Waals surface area contributed by atoms with Crippen LogP contribution in [-0.2, 0) is 4.74 Å². The van der Waals surface area contributed by atoms with Crippen molar-refractivity contribution in [3.05, 3.63) is 54.2 Å². The van der Waals surface area contributed by atoms with Gasteiger partial charge in [0, 0.05) is 19.3 Å². The summed E-state index contributed by atoms with van der Waals surface area (Å²) in [7, 11) is 1.36. The highest BCUT2D eigenvalue weighted by molar-refractivity contribution is 5.89. The number of benzene rings is 1. The first-order valence-corrected chi connectivity index (χ1v) is 7.77. The van der Waals surface area contributed by atoms with E-state index in [0.29, 0.717) is 11.3 Å². The summed E-state index contributed by atoms with van der Waals surface area (Å²) in [4.78, 5) is 18.0. The van der Waals surface area contributed by atoms with Crippen LogP contribution in [0.15, 0.2) is 59.0 Å². The molecule has 1 aromatic carbocycles. The molecule has 1 aliphatic heterocycles. The molecule has 0 saturated carbocycles. The first-order valence-electron chi connectivity index (χ1n) is 7.77. The van der Waals surface area contributed by atoms with E-state index < -0.39 is 0 Å². The number of carbonyl (C=O) groups is 1. The van der Waals surface area contributed by atoms with E-state index in [1.54, 1.807) is 30.5 Å². The number of esters is 1. The topological polar surface area (TPSA) is 70.4 Å². The number of ether oxygens (including phenoxy) is 1. The third-order valence-corrected chi connectivity index (χ3v) is 3.80. The van der Waals surface area contributed by atoms with Crippen LogP contribution in [0.2, 0.25) is 0 Å². The number of rotatable bonds is 4. The maximum absolute atomic E-state index is 11.4. The summed E-state index contributed by atoms with van der Waals surface area (Å²) in [5.41, 5.74) is 1.20. The van der Waals surface area contributed by atoms with Gasteiger partial charge in [0.15, 0.2) is 0 Å². The zero-order valence-corrected chi connectivity index (χ0v) is 13.5. The number of carbonyl (C=O) groups excluding carboxylic acids is 1. The zero-order valence-electron chi connectivity index (χ0n) is 13.5. The summed E-state index contributed by atoms with van der Waals surface area (Å²) in [5, 5.41) is 10.4. The lowest BCUT2D eigenvalue weighted by atomic mass is 10.2. The number of nitrogens with zero attached hydrogens (tertiary/aromatic N) is 5. The van der Waals surface area contributed by atoms with Crippen LogP contribution < -0.4 is 4.90 Å². The van der Waals surface area contributed by atoms with Crippen molar-refractivity contribution in [1.82, 2.24) is 9.99 Å². The van der Waals surface area contributed by atoms with Crippen LogP contribution in [0, 0.1) is 0 Å². The van der Waals surface area contributed by atoms with E-state index in [2.05, 4.69) is 25.0 Å². The van der Waals surface area contributed by atoms with Gasteiger partial charge in [0.25, 0.3) is 0 Å². The van der Waals surface area contributed by atoms with Crippen molar-refractivity contribution in [3.8, 4) is 0 Å². The molecule has 0 atom stereocenters. The minimum atomic E-state index is -0.357. The second kappa shape index (κ2) is 7.54. The van der Waals surface area contributed by atoms with Gasteiger partial charge in [-0.2, -0.15) is 0 Å². The fourth-order valence-electron chi connectivity index (χ4n) is 2.45. The number of hydrogen-bond acceptors (Lipinski definition) is 6. The Hall–Kier alpha value is -2.96. The summed E-state index contributed by atoms with van der Waals surface area (Å²) >= 11 is 0. The number of aromatic nitrogens is 1. The largest absolute Gasteiger partial charge is 0.465 e. The lowest BCUT2D eigenvalue weighted by Gasteiger charge is -2.32. The van der Waals surface area contributed by atoms with Gasteiger partial charge in [-0.05, 0) is 36.4 Å². The van der Waals surface area contributed by atoms with E-state index >= 15 is 0 Å². The Morgan fingerprint density at radius 2 is 1.83 bits per heavy atom. The normalized spacial score (nSPS) is 14.9. The molecule has 2 heterocycles. The first kappa shape index (κ1) is 15.9. The molecule has 1 aliphatic rings. The van der Waals surface area contributed by atoms with Crippen LogP contribution in [0.3, 0.4) is 0 Å². The van der Waals surface area contributed by atoms with Crippen LogP contribution in [0.1, 0.15) is 10.4 Å². The summed E-state index contributed by atoms with van der Waals surface area (Å²) in [6.45, 7) is 3.30. The van der Waals surface area contributed by atoms with E-state index in [1.165, 1.54) is 7.11 Å². The van der Waals surface area contributed by atoms with Crippen molar-refractivity contribution in [2.24, 2.45) is 10.3 Å². The Morgan fingerprint density at radius 3 is 2.46 bits per heavy atom. The third-order valence-electron chi connectivity index (χ3n) is 3.80. The molecule has 0 spiro atoms. The quantitative estimate of drug-likeness (QED) is 0.638. The van der Waals surface area contributed by atoms with Crippen molar-refractivity contribution in [3.63, 3.8) is 0 Å². The van der Waals surface area contributed by atoms with Crippen molar-refractivity contribution >= 4 is 17.5 Å². The number of methoxy groups -OCH3 is 1. The molecule has 0 radical (unpaired) electrons. The van der Waals surface area contributed by atoms with Gasteiger partial charge in [-0.15, -0.1) is 5.11 Å². The van der Waals surface area contributed by atoms with Crippen LogP contribution in [-0.4, -0.2) is 49.3 Å². The fourth-order valence-corrected chi connectivity index (χ4v) is 2.45. The molecule has 7 heteroatoms. The Kier molecular flexibility index (Phi) is 5.00. The minimum Gasteiger partial charge on any atom is -0.465 e. The van der Waals surface area contributed by atoms with Gasteiger partial charge in [-0.3, -0.25) is 5.01 Å². The molecule has 0 unspecified atom stereocenters. The summed E-state index contributed by atoms with van der Waals surface area (Å²) < 4.78 is 4.67. The molecule has 1 fully saturated rings. The molecule has 2 aromatic rings. The Bertz CT molecular complexity index is 695. The molecule has 7 nitrogen and oxygen atoms in total. The molecular weight excluding hydrogens is 306 g/mol. The zero-order chi connectivity index (χ0) is 16.8. The minimum absolute atomic E-state index is 0.357. The van der Waals surface area contributed by atoms with Gasteiger partial charge in [0.05, 0.1) is 31.5 Å². The van der Waals surface area contributed by atoms with E-state index in [9.17, 15) is 4.79 Å². The van der Waals surface area contributed by atoms with Crippen molar-refractivity contribution in [2.45, 2.75) is 0 Å². The van der Waals surface area contributed by atoms with Gasteiger partial charge in [0.1, 0.15) is 5.82 Å². The molecule has 0 bridgehead atoms. The van der Waals surface area contributed by atoms with Crippen molar-refractivity contribution in [1.29, 1.82) is 0 Å². The van der Waals surface area contributed by atoms with Gasteiger partial charge in [-0.1, -0.05) is 11.3 Å². The van der Waals surface area contributed by atoms with Crippen LogP contribution in [0.25, 0.3) is 0 Å². The van der Waals surface area contributed by atoms with Crippen LogP contribution in [0.5, 0.6) is 0 Å². The molecule has 24 heavy (non-hydrogen) atoms. The van der Waals surface area contributed by atoms with Gasteiger partial charge < -0.3 is 9.64 Å². The van der Waals surface area contributed by atoms with Crippen molar-refractivity contribution in [2.75, 3.05) is 38.2 Å². The predicted octanol–water partition coefficient (Wildman–Crippen LogP) is 2.69.